The predicted octanol–water partition coefficient (Wildman–Crippen LogP) is 3.48. The Kier molecular flexibility index (Phi) is 4.12. The topological polar surface area (TPSA) is 43.4 Å². The summed E-state index contributed by atoms with van der Waals surface area (Å²) in [5.74, 6) is -0.637. The molecule has 19 heavy (non-hydrogen) atoms. The lowest BCUT2D eigenvalue weighted by Gasteiger charge is -2.39. The molecule has 0 bridgehead atoms. The van der Waals surface area contributed by atoms with E-state index in [2.05, 4.69) is 27.7 Å². The molecule has 1 saturated heterocycles. The van der Waals surface area contributed by atoms with Crippen molar-refractivity contribution in [3.63, 3.8) is 0 Å². The summed E-state index contributed by atoms with van der Waals surface area (Å²) in [5, 5.41) is 0. The van der Waals surface area contributed by atoms with Gasteiger partial charge in [-0.1, -0.05) is 38.8 Å². The molecule has 0 spiro atoms. The first-order chi connectivity index (χ1) is 9.10. The summed E-state index contributed by atoms with van der Waals surface area (Å²) in [6, 6.07) is 0. The van der Waals surface area contributed by atoms with Crippen molar-refractivity contribution in [1.29, 1.82) is 0 Å². The second-order valence-electron chi connectivity index (χ2n) is 5.58. The molecule has 0 aromatic heterocycles. The van der Waals surface area contributed by atoms with Crippen LogP contribution < -0.4 is 0 Å². The van der Waals surface area contributed by atoms with Crippen molar-refractivity contribution in [2.75, 3.05) is 0 Å². The zero-order valence-corrected chi connectivity index (χ0v) is 12.4. The molecule has 0 amide bonds. The third-order valence-corrected chi connectivity index (χ3v) is 4.95. The van der Waals surface area contributed by atoms with Gasteiger partial charge in [-0.15, -0.1) is 0 Å². The van der Waals surface area contributed by atoms with Crippen LogP contribution in [0.1, 0.15) is 53.4 Å². The van der Waals surface area contributed by atoms with Gasteiger partial charge < -0.3 is 4.74 Å². The molecule has 106 valence electrons. The fourth-order valence-electron chi connectivity index (χ4n) is 4.25. The van der Waals surface area contributed by atoms with Gasteiger partial charge in [-0.05, 0) is 37.5 Å². The Morgan fingerprint density at radius 1 is 0.789 bits per heavy atom. The van der Waals surface area contributed by atoms with E-state index >= 15 is 0 Å². The number of esters is 2. The summed E-state index contributed by atoms with van der Waals surface area (Å²) in [5.41, 5.74) is 2.81. The summed E-state index contributed by atoms with van der Waals surface area (Å²) < 4.78 is 4.95. The molecule has 0 radical (unpaired) electrons. The SMILES string of the molecule is CCC1=C(CC)[C@H](CC)[C@@H]2C(=O)OC(=O)[C@@H]2[C@@H]1CC. The minimum atomic E-state index is -0.290. The maximum Gasteiger partial charge on any atom is 0.318 e. The highest BCUT2D eigenvalue weighted by molar-refractivity contribution is 5.97. The van der Waals surface area contributed by atoms with Crippen LogP contribution in [0.4, 0.5) is 0 Å². The number of carbonyl (C=O) groups is 2. The van der Waals surface area contributed by atoms with E-state index < -0.39 is 0 Å². The lowest BCUT2D eigenvalue weighted by Crippen LogP contribution is -2.38. The van der Waals surface area contributed by atoms with Crippen LogP contribution in [0, 0.1) is 23.7 Å². The van der Waals surface area contributed by atoms with Crippen LogP contribution >= 0.6 is 0 Å². The highest BCUT2D eigenvalue weighted by Gasteiger charge is 2.54. The van der Waals surface area contributed by atoms with Crippen LogP contribution in [0.25, 0.3) is 0 Å². The molecule has 0 saturated carbocycles. The average Bonchev–Trinajstić information content (AvgIpc) is 2.71. The number of rotatable bonds is 4. The van der Waals surface area contributed by atoms with E-state index in [4.69, 9.17) is 4.74 Å². The Morgan fingerprint density at radius 3 is 1.42 bits per heavy atom. The van der Waals surface area contributed by atoms with E-state index in [1.807, 2.05) is 0 Å². The predicted molar refractivity (Wildman–Crippen MR) is 73.2 cm³/mol. The molecule has 2 rings (SSSR count). The highest BCUT2D eigenvalue weighted by Crippen LogP contribution is 2.50. The Labute approximate surface area is 115 Å². The van der Waals surface area contributed by atoms with E-state index in [-0.39, 0.29) is 35.6 Å². The quantitative estimate of drug-likeness (QED) is 0.443. The lowest BCUT2D eigenvalue weighted by atomic mass is 9.62. The number of hydrogen-bond donors (Lipinski definition) is 0. The van der Waals surface area contributed by atoms with Crippen molar-refractivity contribution in [3.05, 3.63) is 11.1 Å². The molecule has 1 fully saturated rings. The standard InChI is InChI=1S/C16H24O3/c1-5-9-10(6-2)12(8-4)14-13(11(9)7-3)15(17)19-16(14)18/h11-14H,5-8H2,1-4H3/t11-,12+,13-,14+. The molecule has 1 heterocycles. The van der Waals surface area contributed by atoms with Gasteiger partial charge in [0.1, 0.15) is 0 Å². The fraction of sp³-hybridized carbons (Fsp3) is 0.750. The number of carbonyl (C=O) groups excluding carboxylic acids is 2. The summed E-state index contributed by atoms with van der Waals surface area (Å²) in [4.78, 5) is 24.1. The molecule has 1 aliphatic heterocycles. The summed E-state index contributed by atoms with van der Waals surface area (Å²) in [6.07, 6.45) is 3.77. The molecule has 0 N–H and O–H groups in total. The number of hydrogen-bond acceptors (Lipinski definition) is 3. The van der Waals surface area contributed by atoms with E-state index in [0.717, 1.165) is 25.7 Å². The van der Waals surface area contributed by atoms with Crippen LogP contribution in [0.3, 0.4) is 0 Å². The maximum absolute atomic E-state index is 12.0. The first-order valence-electron chi connectivity index (χ1n) is 7.57. The third kappa shape index (κ3) is 2.03. The minimum absolute atomic E-state index is 0.201. The molecular weight excluding hydrogens is 240 g/mol. The van der Waals surface area contributed by atoms with Crippen molar-refractivity contribution in [2.24, 2.45) is 23.7 Å². The van der Waals surface area contributed by atoms with Gasteiger partial charge in [0, 0.05) is 0 Å². The lowest BCUT2D eigenvalue weighted by molar-refractivity contribution is -0.154. The second kappa shape index (κ2) is 5.48. The van der Waals surface area contributed by atoms with Gasteiger partial charge in [0.15, 0.2) is 0 Å². The molecule has 4 atom stereocenters. The zero-order valence-electron chi connectivity index (χ0n) is 12.4. The normalized spacial score (nSPS) is 34.5. The van der Waals surface area contributed by atoms with E-state index in [1.54, 1.807) is 0 Å². The smallest absolute Gasteiger partial charge is 0.318 e. The van der Waals surface area contributed by atoms with Gasteiger partial charge in [0.2, 0.25) is 0 Å². The second-order valence-corrected chi connectivity index (χ2v) is 5.58. The van der Waals surface area contributed by atoms with Crippen molar-refractivity contribution >= 4 is 11.9 Å². The van der Waals surface area contributed by atoms with Crippen LogP contribution in [0.15, 0.2) is 11.1 Å². The third-order valence-electron chi connectivity index (χ3n) is 4.95. The molecule has 0 unspecified atom stereocenters. The molecular formula is C16H24O3. The van der Waals surface area contributed by atoms with Crippen molar-refractivity contribution in [1.82, 2.24) is 0 Å². The van der Waals surface area contributed by atoms with Crippen LogP contribution in [0.5, 0.6) is 0 Å². The van der Waals surface area contributed by atoms with Crippen LogP contribution in [-0.4, -0.2) is 11.9 Å². The zero-order chi connectivity index (χ0) is 14.2. The number of allylic oxidation sites excluding steroid dienone is 2. The monoisotopic (exact) mass is 264 g/mol. The molecule has 0 aromatic carbocycles. The number of ether oxygens (including phenoxy) is 1. The molecule has 1 aliphatic carbocycles. The highest BCUT2D eigenvalue weighted by atomic mass is 16.6. The first-order valence-corrected chi connectivity index (χ1v) is 7.57. The summed E-state index contributed by atoms with van der Waals surface area (Å²) in [6.45, 7) is 8.52. The van der Waals surface area contributed by atoms with Crippen molar-refractivity contribution < 1.29 is 14.3 Å². The van der Waals surface area contributed by atoms with Crippen molar-refractivity contribution in [2.45, 2.75) is 53.4 Å². The fourth-order valence-corrected chi connectivity index (χ4v) is 4.25. The van der Waals surface area contributed by atoms with Gasteiger partial charge in [-0.3, -0.25) is 9.59 Å². The first kappa shape index (κ1) is 14.3. The summed E-state index contributed by atoms with van der Waals surface area (Å²) in [7, 11) is 0. The van der Waals surface area contributed by atoms with Gasteiger partial charge in [0.25, 0.3) is 0 Å². The van der Waals surface area contributed by atoms with Gasteiger partial charge in [0.05, 0.1) is 11.8 Å². The van der Waals surface area contributed by atoms with Gasteiger partial charge >= 0.3 is 11.9 Å². The largest absolute Gasteiger partial charge is 0.393 e. The number of cyclic esters (lactones) is 2. The molecule has 3 heteroatoms. The average molecular weight is 264 g/mol. The van der Waals surface area contributed by atoms with Gasteiger partial charge in [-0.25, -0.2) is 0 Å². The Morgan fingerprint density at radius 2 is 1.16 bits per heavy atom. The van der Waals surface area contributed by atoms with Gasteiger partial charge in [-0.2, -0.15) is 0 Å². The molecule has 3 nitrogen and oxygen atoms in total. The van der Waals surface area contributed by atoms with E-state index in [1.165, 1.54) is 11.1 Å². The number of fused-ring (bicyclic) bond motifs is 1. The van der Waals surface area contributed by atoms with E-state index in [9.17, 15) is 9.59 Å². The Bertz CT molecular complexity index is 384. The molecule has 2 aliphatic rings. The van der Waals surface area contributed by atoms with Crippen molar-refractivity contribution in [3.8, 4) is 0 Å². The Hall–Kier alpha value is -1.12. The van der Waals surface area contributed by atoms with E-state index in [0.29, 0.717) is 0 Å². The van der Waals surface area contributed by atoms with Crippen LogP contribution in [0.2, 0.25) is 0 Å². The molecule has 0 aromatic rings. The Balaban J connectivity index is 2.55. The van der Waals surface area contributed by atoms with Crippen LogP contribution in [-0.2, 0) is 14.3 Å². The maximum atomic E-state index is 12.0. The minimum Gasteiger partial charge on any atom is -0.393 e. The summed E-state index contributed by atoms with van der Waals surface area (Å²) >= 11 is 0.